The maximum atomic E-state index is 13.1. The normalized spacial score (nSPS) is 12.7. The molecular formula is C20H22BrNO6S. The molecule has 0 aromatic heterocycles. The highest BCUT2D eigenvalue weighted by Gasteiger charge is 2.39. The number of rotatable bonds is 4. The van der Waals surface area contributed by atoms with Crippen molar-refractivity contribution in [1.29, 1.82) is 0 Å². The van der Waals surface area contributed by atoms with Gasteiger partial charge in [-0.1, -0.05) is 42.5 Å². The van der Waals surface area contributed by atoms with Crippen LogP contribution in [0.2, 0.25) is 0 Å². The van der Waals surface area contributed by atoms with Gasteiger partial charge in [-0.25, -0.2) is 9.59 Å². The molecule has 0 unspecified atom stereocenters. The van der Waals surface area contributed by atoms with Gasteiger partial charge in [0.25, 0.3) is 0 Å². The average Bonchev–Trinajstić information content (AvgIpc) is 2.64. The quantitative estimate of drug-likeness (QED) is 0.588. The summed E-state index contributed by atoms with van der Waals surface area (Å²) in [7, 11) is -4.55. The van der Waals surface area contributed by atoms with Crippen LogP contribution in [-0.4, -0.2) is 30.5 Å². The molecule has 1 atom stereocenters. The molecule has 2 aromatic rings. The molecule has 0 bridgehead atoms. The summed E-state index contributed by atoms with van der Waals surface area (Å²) in [4.78, 5) is 30.1. The van der Waals surface area contributed by atoms with Crippen molar-refractivity contribution in [1.82, 2.24) is 4.47 Å². The van der Waals surface area contributed by atoms with E-state index in [1.807, 2.05) is 0 Å². The molecule has 0 N–H and O–H groups in total. The van der Waals surface area contributed by atoms with E-state index < -0.39 is 33.6 Å². The number of hydroxylamine groups is 1. The zero-order valence-electron chi connectivity index (χ0n) is 16.5. The maximum Gasteiger partial charge on any atom is 0.459 e. The smallest absolute Gasteiger partial charge is 0.441 e. The molecular weight excluding hydrogens is 462 g/mol. The van der Waals surface area contributed by atoms with Crippen LogP contribution >= 0.6 is 15.9 Å². The van der Waals surface area contributed by atoms with Crippen LogP contribution in [0.3, 0.4) is 0 Å². The number of sulfonamides is 1. The Morgan fingerprint density at radius 3 is 2.10 bits per heavy atom. The summed E-state index contributed by atoms with van der Waals surface area (Å²) in [6.45, 7) is 6.27. The van der Waals surface area contributed by atoms with Gasteiger partial charge in [0.1, 0.15) is 10.5 Å². The molecule has 0 saturated carbocycles. The monoisotopic (exact) mass is 483 g/mol. The molecule has 0 heterocycles. The van der Waals surface area contributed by atoms with E-state index in [4.69, 9.17) is 9.57 Å². The van der Waals surface area contributed by atoms with Crippen LogP contribution in [0.5, 0.6) is 0 Å². The molecule has 0 radical (unpaired) electrons. The van der Waals surface area contributed by atoms with Gasteiger partial charge in [0, 0.05) is 4.47 Å². The van der Waals surface area contributed by atoms with Crippen LogP contribution in [-0.2, 0) is 24.4 Å². The lowest BCUT2D eigenvalue weighted by Gasteiger charge is -2.26. The summed E-state index contributed by atoms with van der Waals surface area (Å²) in [6.07, 6.45) is -1.32. The van der Waals surface area contributed by atoms with E-state index in [1.165, 1.54) is 18.2 Å². The summed E-state index contributed by atoms with van der Waals surface area (Å²) < 4.78 is 31.5. The predicted molar refractivity (Wildman–Crippen MR) is 110 cm³/mol. The molecule has 0 aliphatic heterocycles. The molecule has 0 saturated heterocycles. The molecule has 0 aliphatic rings. The number of ether oxygens (including phenoxy) is 1. The zero-order chi connectivity index (χ0) is 21.8. The van der Waals surface area contributed by atoms with Gasteiger partial charge in [0.2, 0.25) is 0 Å². The van der Waals surface area contributed by atoms with Gasteiger partial charge in [-0.3, -0.25) is 0 Å². The van der Waals surface area contributed by atoms with Gasteiger partial charge in [0.15, 0.2) is 0 Å². The summed E-state index contributed by atoms with van der Waals surface area (Å²) in [5.74, 6) is -1.73. The lowest BCUT2D eigenvalue weighted by molar-refractivity contribution is -0.168. The molecule has 9 heteroatoms. The van der Waals surface area contributed by atoms with Crippen molar-refractivity contribution in [2.75, 3.05) is 0 Å². The molecule has 2 rings (SSSR count). The summed E-state index contributed by atoms with van der Waals surface area (Å²) >= 11 is 3.14. The van der Waals surface area contributed by atoms with E-state index in [-0.39, 0.29) is 13.8 Å². The molecule has 2 aromatic carbocycles. The van der Waals surface area contributed by atoms with Crippen LogP contribution in [0, 0.1) is 0 Å². The Hall–Kier alpha value is -2.39. The zero-order valence-corrected chi connectivity index (χ0v) is 18.9. The first-order valence-corrected chi connectivity index (χ1v) is 11.0. The Morgan fingerprint density at radius 1 is 1.00 bits per heavy atom. The molecule has 29 heavy (non-hydrogen) atoms. The number of carbonyl (C=O) groups excluding carboxylic acids is 2. The van der Waals surface area contributed by atoms with E-state index in [0.717, 1.165) is 0 Å². The lowest BCUT2D eigenvalue weighted by Crippen LogP contribution is -2.42. The highest BCUT2D eigenvalue weighted by atomic mass is 79.9. The average molecular weight is 484 g/mol. The Labute approximate surface area is 178 Å². The number of amides is 1. The summed E-state index contributed by atoms with van der Waals surface area (Å²) in [5, 5.41) is 0. The van der Waals surface area contributed by atoms with Crippen LogP contribution in [0.1, 0.15) is 39.2 Å². The minimum Gasteiger partial charge on any atom is -0.441 e. The Morgan fingerprint density at radius 2 is 1.55 bits per heavy atom. The standard InChI is InChI=1S/C20H22BrNO6S/c1-14(15-10-6-5-7-11-15)18(23)28-22(19(24)27-20(2,3)4)29(25,26)17-13-9-8-12-16(17)21/h5-14H,1-4H3/t14-/m0/s1. The van der Waals surface area contributed by atoms with E-state index in [9.17, 15) is 18.0 Å². The second-order valence-corrected chi connectivity index (χ2v) is 9.76. The molecule has 1 amide bonds. The first kappa shape index (κ1) is 22.9. The second-order valence-electron chi connectivity index (χ2n) is 7.19. The molecule has 0 fully saturated rings. The third-order valence-corrected chi connectivity index (χ3v) is 6.23. The second kappa shape index (κ2) is 8.96. The highest BCUT2D eigenvalue weighted by Crippen LogP contribution is 2.27. The number of hydrogen-bond acceptors (Lipinski definition) is 6. The van der Waals surface area contributed by atoms with Crippen LogP contribution in [0.25, 0.3) is 0 Å². The molecule has 156 valence electrons. The SMILES string of the molecule is C[C@H](C(=O)ON(C(=O)OC(C)(C)C)S(=O)(=O)c1ccccc1Br)c1ccccc1. The van der Waals surface area contributed by atoms with Crippen molar-refractivity contribution in [2.24, 2.45) is 0 Å². The van der Waals surface area contributed by atoms with E-state index >= 15 is 0 Å². The largest absolute Gasteiger partial charge is 0.459 e. The summed E-state index contributed by atoms with van der Waals surface area (Å²) in [5.41, 5.74) is -0.393. The van der Waals surface area contributed by atoms with Gasteiger partial charge in [0.05, 0.1) is 5.92 Å². The maximum absolute atomic E-state index is 13.1. The van der Waals surface area contributed by atoms with E-state index in [1.54, 1.807) is 64.1 Å². The van der Waals surface area contributed by atoms with Gasteiger partial charge in [-0.15, -0.1) is 0 Å². The first-order valence-electron chi connectivity index (χ1n) is 8.73. The number of nitrogens with zero attached hydrogens (tertiary/aromatic N) is 1. The fourth-order valence-corrected chi connectivity index (χ4v) is 4.31. The van der Waals surface area contributed by atoms with Gasteiger partial charge >= 0.3 is 22.1 Å². The minimum absolute atomic E-state index is 0.000116. The Bertz CT molecular complexity index is 986. The van der Waals surface area contributed by atoms with Gasteiger partial charge in [-0.05, 0) is 65.8 Å². The van der Waals surface area contributed by atoms with Crippen molar-refractivity contribution in [3.05, 3.63) is 64.6 Å². The van der Waals surface area contributed by atoms with Crippen molar-refractivity contribution < 1.29 is 27.6 Å². The van der Waals surface area contributed by atoms with Crippen molar-refractivity contribution >= 4 is 38.0 Å². The van der Waals surface area contributed by atoms with Gasteiger partial charge < -0.3 is 9.57 Å². The number of hydrogen-bond donors (Lipinski definition) is 0. The van der Waals surface area contributed by atoms with Gasteiger partial charge in [-0.2, -0.15) is 8.42 Å². The third-order valence-electron chi connectivity index (χ3n) is 3.70. The van der Waals surface area contributed by atoms with E-state index in [2.05, 4.69) is 15.9 Å². The van der Waals surface area contributed by atoms with Crippen molar-refractivity contribution in [3.8, 4) is 0 Å². The number of carbonyl (C=O) groups is 2. The van der Waals surface area contributed by atoms with E-state index in [0.29, 0.717) is 5.56 Å². The molecule has 0 spiro atoms. The fraction of sp³-hybridized carbons (Fsp3) is 0.300. The Kier molecular flexibility index (Phi) is 7.07. The topological polar surface area (TPSA) is 90.0 Å². The van der Waals surface area contributed by atoms with Crippen LogP contribution in [0.4, 0.5) is 4.79 Å². The molecule has 7 nitrogen and oxygen atoms in total. The molecule has 0 aliphatic carbocycles. The number of benzene rings is 2. The van der Waals surface area contributed by atoms with Crippen molar-refractivity contribution in [3.63, 3.8) is 0 Å². The third kappa shape index (κ3) is 5.80. The predicted octanol–water partition coefficient (Wildman–Crippen LogP) is 4.64. The summed E-state index contributed by atoms with van der Waals surface area (Å²) in [6, 6.07) is 14.5. The minimum atomic E-state index is -4.55. The Balaban J connectivity index is 2.41. The van der Waals surface area contributed by atoms with Crippen LogP contribution in [0.15, 0.2) is 64.0 Å². The number of halogens is 1. The van der Waals surface area contributed by atoms with Crippen LogP contribution < -0.4 is 0 Å². The first-order chi connectivity index (χ1) is 13.4. The lowest BCUT2D eigenvalue weighted by atomic mass is 10.0. The van der Waals surface area contributed by atoms with Crippen molar-refractivity contribution in [2.45, 2.75) is 44.1 Å². The highest BCUT2D eigenvalue weighted by molar-refractivity contribution is 9.10. The fourth-order valence-electron chi connectivity index (χ4n) is 2.27.